The Bertz CT molecular complexity index is 2320. The molecule has 344 valence electrons. The number of benzene rings is 4. The Balaban J connectivity index is 1.43. The van der Waals surface area contributed by atoms with Crippen LogP contribution in [-0.4, -0.2) is 72.9 Å². The van der Waals surface area contributed by atoms with E-state index in [1.807, 2.05) is 48.5 Å². The van der Waals surface area contributed by atoms with Crippen LogP contribution in [0.5, 0.6) is 0 Å². The second-order valence-electron chi connectivity index (χ2n) is 16.9. The Morgan fingerprint density at radius 3 is 1.37 bits per heavy atom. The van der Waals surface area contributed by atoms with E-state index in [1.165, 1.54) is 23.9 Å². The lowest BCUT2D eigenvalue weighted by molar-refractivity contribution is -0.152. The van der Waals surface area contributed by atoms with Gasteiger partial charge < -0.3 is 19.3 Å². The van der Waals surface area contributed by atoms with Crippen LogP contribution in [0.4, 0.5) is 0 Å². The summed E-state index contributed by atoms with van der Waals surface area (Å²) in [6, 6.07) is 20.1. The van der Waals surface area contributed by atoms with Crippen LogP contribution in [0, 0.1) is 11.8 Å². The van der Waals surface area contributed by atoms with Crippen LogP contribution in [0.15, 0.2) is 82.6 Å². The third-order valence-electron chi connectivity index (χ3n) is 11.9. The predicted molar refractivity (Wildman–Crippen MR) is 266 cm³/mol. The smallest absolute Gasteiger partial charge is 0.310 e. The molecule has 2 aliphatic rings. The summed E-state index contributed by atoms with van der Waals surface area (Å²) in [7, 11) is 0. The van der Waals surface area contributed by atoms with E-state index in [1.54, 1.807) is 35.8 Å². The molecule has 0 aliphatic carbocycles. The Hall–Kier alpha value is -4.25. The number of nitrogens with zero attached hydrogens (tertiary/aromatic N) is 2. The van der Waals surface area contributed by atoms with Gasteiger partial charge in [-0.3, -0.25) is 19.2 Å². The van der Waals surface area contributed by atoms with Crippen LogP contribution >= 0.6 is 58.2 Å². The molecule has 0 N–H and O–H groups in total. The van der Waals surface area contributed by atoms with E-state index in [-0.39, 0.29) is 93.8 Å². The van der Waals surface area contributed by atoms with Crippen molar-refractivity contribution in [3.05, 3.63) is 115 Å². The largest absolute Gasteiger partial charge is 0.466 e. The molecule has 2 heterocycles. The van der Waals surface area contributed by atoms with Gasteiger partial charge in [0.2, 0.25) is 11.8 Å². The molecule has 0 radical (unpaired) electrons. The molecule has 0 spiro atoms. The highest BCUT2D eigenvalue weighted by molar-refractivity contribution is 7.99. The van der Waals surface area contributed by atoms with Gasteiger partial charge in [0.25, 0.3) is 0 Å². The van der Waals surface area contributed by atoms with Crippen molar-refractivity contribution >= 4 is 94.1 Å². The molecule has 2 amide bonds. The number of hydrogen-bond acceptors (Lipinski definition) is 7. The van der Waals surface area contributed by atoms with Crippen LogP contribution in [-0.2, 0) is 28.7 Å². The maximum absolute atomic E-state index is 13.7. The third kappa shape index (κ3) is 11.8. The number of esters is 2. The number of carbonyl (C=O) groups is 4. The quantitative estimate of drug-likeness (QED) is 0.0918. The summed E-state index contributed by atoms with van der Waals surface area (Å²) in [5, 5.41) is 1.05. The van der Waals surface area contributed by atoms with Crippen molar-refractivity contribution in [2.45, 2.75) is 88.9 Å². The molecule has 65 heavy (non-hydrogen) atoms. The van der Waals surface area contributed by atoms with Crippen molar-refractivity contribution in [2.75, 3.05) is 39.4 Å². The lowest BCUT2D eigenvalue weighted by atomic mass is 9.90. The Morgan fingerprint density at radius 1 is 0.615 bits per heavy atom. The van der Waals surface area contributed by atoms with Gasteiger partial charge in [-0.05, 0) is 109 Å². The number of halogens is 4. The maximum atomic E-state index is 13.7. The molecule has 0 saturated carbocycles. The molecular weight excluding hydrogens is 922 g/mol. The summed E-state index contributed by atoms with van der Waals surface area (Å²) in [5.74, 6) is -1.49. The minimum atomic E-state index is -0.372. The van der Waals surface area contributed by atoms with Crippen LogP contribution in [0.3, 0.4) is 0 Å². The summed E-state index contributed by atoms with van der Waals surface area (Å²) in [5.41, 5.74) is 6.71. The number of ether oxygens (including phenoxy) is 2. The molecule has 2 fully saturated rings. The second-order valence-corrected chi connectivity index (χ2v) is 19.5. The lowest BCUT2D eigenvalue weighted by Crippen LogP contribution is -2.42. The topological polar surface area (TPSA) is 93.2 Å². The van der Waals surface area contributed by atoms with Crippen molar-refractivity contribution in [3.63, 3.8) is 0 Å². The molecule has 13 heteroatoms. The van der Waals surface area contributed by atoms with Gasteiger partial charge >= 0.3 is 11.9 Å². The predicted octanol–water partition coefficient (Wildman–Crippen LogP) is 13.7. The van der Waals surface area contributed by atoms with Crippen molar-refractivity contribution in [3.8, 4) is 22.3 Å². The van der Waals surface area contributed by atoms with Crippen molar-refractivity contribution in [1.29, 1.82) is 0 Å². The fraction of sp³-hybridized carbons (Fsp3) is 0.385. The Kier molecular flexibility index (Phi) is 17.7. The average molecular weight is 979 g/mol. The van der Waals surface area contributed by atoms with E-state index in [0.29, 0.717) is 59.7 Å². The first kappa shape index (κ1) is 50.2. The van der Waals surface area contributed by atoms with Gasteiger partial charge in [-0.2, -0.15) is 0 Å². The van der Waals surface area contributed by atoms with Crippen LogP contribution in [0.25, 0.3) is 34.4 Å². The summed E-state index contributed by atoms with van der Waals surface area (Å²) in [6.45, 7) is 14.2. The first-order chi connectivity index (χ1) is 31.1. The molecular formula is C52H56Cl4N2O6S. The standard InChI is InChI=1S/C52H56Cl4N2O6S/c1-7-63-51(61)33-15-13-25-57(29-33)45(59)23-21-39-41(37-19-11-9-17-35(37)31(3)4)27-43(49(55)47(39)53)65-44-28-42(38-20-12-10-18-36(38)32(5)6)40(48(54)50(44)56)22-24-46(60)58-26-14-16-34(30-58)52(62)64-8-2/h9-12,17-24,27-28,31-34H,7-8,13-16,25-26,29-30H2,1-6H3. The summed E-state index contributed by atoms with van der Waals surface area (Å²) < 4.78 is 10.5. The SMILES string of the molecule is CCOC(=O)C1CCCN(C(=O)C=Cc2c(-c3ccccc3C(C)C)cc(Sc3cc(-c4ccccc4C(C)C)c(C=CC(=O)N4CCCC(C(=O)OCC)C4)c(Cl)c3Cl)c(Cl)c2Cl)C1. The molecule has 2 unspecified atom stereocenters. The highest BCUT2D eigenvalue weighted by Gasteiger charge is 2.31. The fourth-order valence-electron chi connectivity index (χ4n) is 8.54. The number of piperidine rings is 2. The third-order valence-corrected chi connectivity index (χ3v) is 15.0. The Labute approximate surface area is 407 Å². The zero-order valence-electron chi connectivity index (χ0n) is 37.7. The van der Waals surface area contributed by atoms with Gasteiger partial charge in [0.15, 0.2) is 0 Å². The van der Waals surface area contributed by atoms with E-state index < -0.39 is 0 Å². The van der Waals surface area contributed by atoms with Gasteiger partial charge in [0.1, 0.15) is 0 Å². The summed E-state index contributed by atoms with van der Waals surface area (Å²) in [6.07, 6.45) is 9.13. The molecule has 2 aliphatic heterocycles. The molecule has 2 atom stereocenters. The Morgan fingerprint density at radius 2 is 1.00 bits per heavy atom. The van der Waals surface area contributed by atoms with Crippen molar-refractivity contribution in [2.24, 2.45) is 11.8 Å². The number of amides is 2. The zero-order valence-corrected chi connectivity index (χ0v) is 41.6. The lowest BCUT2D eigenvalue weighted by Gasteiger charge is -2.30. The highest BCUT2D eigenvalue weighted by atomic mass is 35.5. The highest BCUT2D eigenvalue weighted by Crippen LogP contribution is 2.50. The van der Waals surface area contributed by atoms with E-state index in [0.717, 1.165) is 33.4 Å². The molecule has 4 aromatic rings. The minimum Gasteiger partial charge on any atom is -0.466 e. The average Bonchev–Trinajstić information content (AvgIpc) is 3.31. The van der Waals surface area contributed by atoms with Crippen LogP contribution in [0.2, 0.25) is 20.1 Å². The van der Waals surface area contributed by atoms with Gasteiger partial charge in [-0.15, -0.1) is 0 Å². The summed E-state index contributed by atoms with van der Waals surface area (Å²) in [4.78, 5) is 57.1. The summed E-state index contributed by atoms with van der Waals surface area (Å²) >= 11 is 30.3. The molecule has 2 saturated heterocycles. The number of carbonyl (C=O) groups excluding carboxylic acids is 4. The number of likely N-dealkylation sites (tertiary alicyclic amines) is 2. The maximum Gasteiger partial charge on any atom is 0.310 e. The van der Waals surface area contributed by atoms with Crippen molar-refractivity contribution < 1.29 is 28.7 Å². The fourth-order valence-corrected chi connectivity index (χ4v) is 10.7. The first-order valence-corrected chi connectivity index (χ1v) is 24.6. The van der Waals surface area contributed by atoms with E-state index in [9.17, 15) is 19.2 Å². The molecule has 0 bridgehead atoms. The molecule has 6 rings (SSSR count). The number of hydrogen-bond donors (Lipinski definition) is 0. The van der Waals surface area contributed by atoms with E-state index in [4.69, 9.17) is 55.9 Å². The zero-order chi connectivity index (χ0) is 46.9. The van der Waals surface area contributed by atoms with Crippen LogP contribution < -0.4 is 0 Å². The van der Waals surface area contributed by atoms with Gasteiger partial charge in [-0.25, -0.2) is 0 Å². The van der Waals surface area contributed by atoms with Gasteiger partial charge in [0.05, 0.1) is 45.1 Å². The number of rotatable bonds is 14. The molecule has 0 aromatic heterocycles. The monoisotopic (exact) mass is 976 g/mol. The van der Waals surface area contributed by atoms with Crippen LogP contribution in [0.1, 0.15) is 101 Å². The molecule has 4 aromatic carbocycles. The second kappa shape index (κ2) is 23.0. The van der Waals surface area contributed by atoms with Gasteiger partial charge in [0, 0.05) is 59.2 Å². The first-order valence-electron chi connectivity index (χ1n) is 22.3. The van der Waals surface area contributed by atoms with E-state index in [2.05, 4.69) is 39.8 Å². The molecule has 8 nitrogen and oxygen atoms in total. The minimum absolute atomic E-state index is 0.154. The van der Waals surface area contributed by atoms with Crippen molar-refractivity contribution in [1.82, 2.24) is 9.80 Å². The van der Waals surface area contributed by atoms with E-state index >= 15 is 0 Å². The van der Waals surface area contributed by atoms with Gasteiger partial charge in [-0.1, -0.05) is 134 Å². The normalized spacial score (nSPS) is 16.8.